The van der Waals surface area contributed by atoms with E-state index in [9.17, 15) is 9.59 Å². The molecule has 0 aliphatic heterocycles. The van der Waals surface area contributed by atoms with Crippen molar-refractivity contribution in [3.05, 3.63) is 69.7 Å². The largest absolute Gasteiger partial charge is 0.350 e. The lowest BCUT2D eigenvalue weighted by atomic mass is 10.1. The summed E-state index contributed by atoms with van der Waals surface area (Å²) in [4.78, 5) is 27.4. The van der Waals surface area contributed by atoms with Gasteiger partial charge in [0.05, 0.1) is 6.42 Å². The Labute approximate surface area is 176 Å². The van der Waals surface area contributed by atoms with Gasteiger partial charge >= 0.3 is 0 Å². The minimum Gasteiger partial charge on any atom is -0.350 e. The van der Waals surface area contributed by atoms with E-state index in [4.69, 9.17) is 23.2 Å². The van der Waals surface area contributed by atoms with Crippen LogP contribution in [0.1, 0.15) is 38.8 Å². The Hall–Kier alpha value is -2.04. The summed E-state index contributed by atoms with van der Waals surface area (Å²) in [5.41, 5.74) is 1.24. The summed E-state index contributed by atoms with van der Waals surface area (Å²) < 4.78 is 0. The molecule has 0 heterocycles. The van der Waals surface area contributed by atoms with E-state index in [1.807, 2.05) is 51.1 Å². The summed E-state index contributed by atoms with van der Waals surface area (Å²) in [7, 11) is 0. The van der Waals surface area contributed by atoms with Crippen LogP contribution in [0.5, 0.6) is 0 Å². The van der Waals surface area contributed by atoms with Crippen molar-refractivity contribution in [1.82, 2.24) is 10.2 Å². The predicted molar refractivity (Wildman–Crippen MR) is 115 cm³/mol. The topological polar surface area (TPSA) is 49.4 Å². The van der Waals surface area contributed by atoms with Gasteiger partial charge in [-0.15, -0.1) is 0 Å². The molecule has 0 radical (unpaired) electrons. The molecule has 2 rings (SSSR count). The maximum atomic E-state index is 13.1. The minimum atomic E-state index is -0.643. The maximum absolute atomic E-state index is 13.1. The zero-order chi connectivity index (χ0) is 20.9. The standard InChI is InChI=1S/C22H26Cl2N2O2/c1-15(21(28)25-22(2,3)4)26(14-17-7-5-6-8-19(17)24)20(27)13-16-9-11-18(23)12-10-16/h5-12,15H,13-14H2,1-4H3,(H,25,28)/t15-/m0/s1. The number of carbonyl (C=O) groups excluding carboxylic acids is 2. The van der Waals surface area contributed by atoms with Gasteiger partial charge in [-0.1, -0.05) is 53.5 Å². The Kier molecular flexibility index (Phi) is 7.50. The summed E-state index contributed by atoms with van der Waals surface area (Å²) in [5.74, 6) is -0.359. The van der Waals surface area contributed by atoms with Crippen LogP contribution < -0.4 is 5.32 Å². The summed E-state index contributed by atoms with van der Waals surface area (Å²) in [5, 5.41) is 4.12. The molecule has 0 unspecified atom stereocenters. The van der Waals surface area contributed by atoms with Gasteiger partial charge in [0.1, 0.15) is 6.04 Å². The molecule has 28 heavy (non-hydrogen) atoms. The number of benzene rings is 2. The monoisotopic (exact) mass is 420 g/mol. The number of rotatable bonds is 6. The highest BCUT2D eigenvalue weighted by atomic mass is 35.5. The van der Waals surface area contributed by atoms with E-state index in [1.165, 1.54) is 0 Å². The quantitative estimate of drug-likeness (QED) is 0.724. The molecule has 0 aliphatic rings. The van der Waals surface area contributed by atoms with Crippen LogP contribution in [0.4, 0.5) is 0 Å². The molecule has 2 aromatic rings. The molecule has 150 valence electrons. The Morgan fingerprint density at radius 2 is 1.64 bits per heavy atom. The normalized spacial score (nSPS) is 12.4. The highest BCUT2D eigenvalue weighted by molar-refractivity contribution is 6.31. The number of nitrogens with zero attached hydrogens (tertiary/aromatic N) is 1. The average molecular weight is 421 g/mol. The van der Waals surface area contributed by atoms with Crippen molar-refractivity contribution in [3.8, 4) is 0 Å². The Balaban J connectivity index is 2.26. The van der Waals surface area contributed by atoms with Crippen molar-refractivity contribution in [1.29, 1.82) is 0 Å². The first-order valence-corrected chi connectivity index (χ1v) is 9.92. The molecule has 2 aromatic carbocycles. The smallest absolute Gasteiger partial charge is 0.242 e. The van der Waals surface area contributed by atoms with E-state index < -0.39 is 6.04 Å². The Bertz CT molecular complexity index is 829. The second-order valence-corrected chi connectivity index (χ2v) is 8.68. The second kappa shape index (κ2) is 9.44. The van der Waals surface area contributed by atoms with Crippen LogP contribution in [0.15, 0.2) is 48.5 Å². The minimum absolute atomic E-state index is 0.154. The lowest BCUT2D eigenvalue weighted by Crippen LogP contribution is -2.52. The maximum Gasteiger partial charge on any atom is 0.242 e. The van der Waals surface area contributed by atoms with E-state index in [0.717, 1.165) is 11.1 Å². The fourth-order valence-electron chi connectivity index (χ4n) is 2.75. The zero-order valence-corrected chi connectivity index (χ0v) is 18.1. The van der Waals surface area contributed by atoms with Crippen molar-refractivity contribution < 1.29 is 9.59 Å². The molecule has 0 saturated carbocycles. The van der Waals surface area contributed by atoms with Crippen molar-refractivity contribution >= 4 is 35.0 Å². The first-order valence-electron chi connectivity index (χ1n) is 9.16. The SMILES string of the molecule is C[C@@H](C(=O)NC(C)(C)C)N(Cc1ccccc1Cl)C(=O)Cc1ccc(Cl)cc1. The molecule has 0 saturated heterocycles. The van der Waals surface area contributed by atoms with E-state index in [-0.39, 0.29) is 30.3 Å². The lowest BCUT2D eigenvalue weighted by molar-refractivity contribution is -0.140. The highest BCUT2D eigenvalue weighted by Crippen LogP contribution is 2.20. The number of halogens is 2. The molecule has 0 fully saturated rings. The van der Waals surface area contributed by atoms with Crippen LogP contribution in [-0.2, 0) is 22.6 Å². The van der Waals surface area contributed by atoms with Crippen LogP contribution >= 0.6 is 23.2 Å². The molecule has 0 bridgehead atoms. The van der Waals surface area contributed by atoms with Crippen molar-refractivity contribution in [2.75, 3.05) is 0 Å². The predicted octanol–water partition coefficient (Wildman–Crippen LogP) is 4.87. The molecule has 1 atom stereocenters. The molecule has 2 amide bonds. The van der Waals surface area contributed by atoms with Gasteiger partial charge in [0.25, 0.3) is 0 Å². The molecular weight excluding hydrogens is 395 g/mol. The molecule has 0 spiro atoms. The molecule has 1 N–H and O–H groups in total. The number of amides is 2. The number of hydrogen-bond acceptors (Lipinski definition) is 2. The van der Waals surface area contributed by atoms with E-state index in [2.05, 4.69) is 5.32 Å². The first kappa shape index (κ1) is 22.3. The third-order valence-electron chi connectivity index (χ3n) is 4.23. The van der Waals surface area contributed by atoms with Gasteiger partial charge in [-0.25, -0.2) is 0 Å². The summed E-state index contributed by atoms with van der Waals surface area (Å²) in [6, 6.07) is 13.8. The van der Waals surface area contributed by atoms with E-state index >= 15 is 0 Å². The number of carbonyl (C=O) groups is 2. The van der Waals surface area contributed by atoms with Gasteiger partial charge in [0.15, 0.2) is 0 Å². The zero-order valence-electron chi connectivity index (χ0n) is 16.6. The van der Waals surface area contributed by atoms with Gasteiger partial charge in [0.2, 0.25) is 11.8 Å². The summed E-state index contributed by atoms with van der Waals surface area (Å²) in [6.45, 7) is 7.71. The first-order chi connectivity index (χ1) is 13.1. The highest BCUT2D eigenvalue weighted by Gasteiger charge is 2.28. The van der Waals surface area contributed by atoms with Crippen LogP contribution in [-0.4, -0.2) is 28.3 Å². The summed E-state index contributed by atoms with van der Waals surface area (Å²) >= 11 is 12.2. The van der Waals surface area contributed by atoms with Crippen LogP contribution in [0, 0.1) is 0 Å². The van der Waals surface area contributed by atoms with Crippen LogP contribution in [0.3, 0.4) is 0 Å². The average Bonchev–Trinajstić information content (AvgIpc) is 2.61. The van der Waals surface area contributed by atoms with Crippen molar-refractivity contribution in [3.63, 3.8) is 0 Å². The molecule has 4 nitrogen and oxygen atoms in total. The Morgan fingerprint density at radius 3 is 2.21 bits per heavy atom. The molecule has 0 aromatic heterocycles. The number of hydrogen-bond donors (Lipinski definition) is 1. The Morgan fingerprint density at radius 1 is 1.04 bits per heavy atom. The van der Waals surface area contributed by atoms with Gasteiger partial charge in [-0.2, -0.15) is 0 Å². The third kappa shape index (κ3) is 6.54. The van der Waals surface area contributed by atoms with Gasteiger partial charge in [-0.3, -0.25) is 9.59 Å². The van der Waals surface area contributed by atoms with Crippen LogP contribution in [0.25, 0.3) is 0 Å². The fraction of sp³-hybridized carbons (Fsp3) is 0.364. The van der Waals surface area contributed by atoms with Crippen molar-refractivity contribution in [2.45, 2.75) is 52.2 Å². The van der Waals surface area contributed by atoms with E-state index in [0.29, 0.717) is 10.0 Å². The third-order valence-corrected chi connectivity index (χ3v) is 4.85. The lowest BCUT2D eigenvalue weighted by Gasteiger charge is -2.31. The number of nitrogens with one attached hydrogen (secondary N) is 1. The van der Waals surface area contributed by atoms with Gasteiger partial charge in [0, 0.05) is 22.1 Å². The second-order valence-electron chi connectivity index (χ2n) is 7.83. The van der Waals surface area contributed by atoms with E-state index in [1.54, 1.807) is 30.0 Å². The van der Waals surface area contributed by atoms with Crippen LogP contribution in [0.2, 0.25) is 10.0 Å². The summed E-state index contributed by atoms with van der Waals surface area (Å²) in [6.07, 6.45) is 0.175. The van der Waals surface area contributed by atoms with Gasteiger partial charge < -0.3 is 10.2 Å². The molecule has 6 heteroatoms. The molecule has 0 aliphatic carbocycles. The van der Waals surface area contributed by atoms with Crippen molar-refractivity contribution in [2.24, 2.45) is 0 Å². The van der Waals surface area contributed by atoms with Gasteiger partial charge in [-0.05, 0) is 57.0 Å². The molecular formula is C22H26Cl2N2O2. The fourth-order valence-corrected chi connectivity index (χ4v) is 3.07.